The van der Waals surface area contributed by atoms with Gasteiger partial charge in [-0.25, -0.2) is 9.50 Å². The summed E-state index contributed by atoms with van der Waals surface area (Å²) in [6.07, 6.45) is 4.80. The zero-order valence-corrected chi connectivity index (χ0v) is 11.3. The number of pyridine rings is 1. The fourth-order valence-corrected chi connectivity index (χ4v) is 2.01. The van der Waals surface area contributed by atoms with Gasteiger partial charge < -0.3 is 5.32 Å². The van der Waals surface area contributed by atoms with Gasteiger partial charge in [-0.3, -0.25) is 4.79 Å². The molecule has 0 aliphatic heterocycles. The summed E-state index contributed by atoms with van der Waals surface area (Å²) in [5.41, 5.74) is 2.64. The van der Waals surface area contributed by atoms with Crippen LogP contribution in [0.3, 0.4) is 0 Å². The fourth-order valence-electron chi connectivity index (χ4n) is 2.01. The van der Waals surface area contributed by atoms with Gasteiger partial charge in [-0.15, -0.1) is 0 Å². The van der Waals surface area contributed by atoms with E-state index in [1.165, 1.54) is 12.4 Å². The molecule has 5 heteroatoms. The molecule has 0 fully saturated rings. The number of amides is 1. The number of fused-ring (bicyclic) bond motifs is 1. The molecule has 0 saturated carbocycles. The third-order valence-electron chi connectivity index (χ3n) is 3.05. The molecule has 0 atom stereocenters. The van der Waals surface area contributed by atoms with Gasteiger partial charge in [-0.1, -0.05) is 36.4 Å². The highest BCUT2D eigenvalue weighted by Gasteiger charge is 2.02. The highest BCUT2D eigenvalue weighted by molar-refractivity contribution is 5.91. The van der Waals surface area contributed by atoms with Gasteiger partial charge >= 0.3 is 0 Å². The van der Waals surface area contributed by atoms with Gasteiger partial charge in [0.15, 0.2) is 5.65 Å². The zero-order valence-electron chi connectivity index (χ0n) is 11.3. The van der Waals surface area contributed by atoms with Crippen molar-refractivity contribution in [3.8, 4) is 0 Å². The Labute approximate surface area is 121 Å². The first-order valence-corrected chi connectivity index (χ1v) is 6.61. The Balaban J connectivity index is 1.64. The molecule has 0 spiro atoms. The average Bonchev–Trinajstić information content (AvgIpc) is 3.01. The maximum Gasteiger partial charge on any atom is 0.244 e. The van der Waals surface area contributed by atoms with Gasteiger partial charge in [-0.2, -0.15) is 5.10 Å². The number of rotatable bonds is 4. The second-order valence-corrected chi connectivity index (χ2v) is 4.51. The molecule has 0 bridgehead atoms. The first kappa shape index (κ1) is 13.1. The molecular weight excluding hydrogens is 264 g/mol. The zero-order chi connectivity index (χ0) is 14.5. The van der Waals surface area contributed by atoms with Crippen molar-refractivity contribution in [2.24, 2.45) is 0 Å². The normalized spacial score (nSPS) is 11.0. The molecule has 21 heavy (non-hydrogen) atoms. The van der Waals surface area contributed by atoms with E-state index >= 15 is 0 Å². The van der Waals surface area contributed by atoms with E-state index in [1.54, 1.807) is 10.6 Å². The molecule has 0 radical (unpaired) electrons. The lowest BCUT2D eigenvalue weighted by molar-refractivity contribution is -0.116. The molecule has 0 saturated heterocycles. The Morgan fingerprint density at radius 3 is 2.86 bits per heavy atom. The average molecular weight is 278 g/mol. The van der Waals surface area contributed by atoms with Crippen molar-refractivity contribution in [3.63, 3.8) is 0 Å². The van der Waals surface area contributed by atoms with E-state index in [1.807, 2.05) is 48.5 Å². The summed E-state index contributed by atoms with van der Waals surface area (Å²) in [6, 6.07) is 15.4. The number of nitrogens with one attached hydrogen (secondary N) is 1. The molecular formula is C16H14N4O. The minimum atomic E-state index is -0.143. The lowest BCUT2D eigenvalue weighted by Gasteiger charge is -2.04. The van der Waals surface area contributed by atoms with E-state index in [0.29, 0.717) is 6.54 Å². The van der Waals surface area contributed by atoms with Gasteiger partial charge in [0, 0.05) is 6.08 Å². The maximum absolute atomic E-state index is 11.8. The predicted octanol–water partition coefficient (Wildman–Crippen LogP) is 2.06. The summed E-state index contributed by atoms with van der Waals surface area (Å²) >= 11 is 0. The number of carbonyl (C=O) groups excluding carboxylic acids is 1. The molecule has 2 aromatic heterocycles. The second-order valence-electron chi connectivity index (χ2n) is 4.51. The van der Waals surface area contributed by atoms with E-state index in [0.717, 1.165) is 16.9 Å². The molecule has 0 aliphatic carbocycles. The van der Waals surface area contributed by atoms with Gasteiger partial charge in [0.25, 0.3) is 0 Å². The minimum absolute atomic E-state index is 0.143. The molecule has 2 heterocycles. The van der Waals surface area contributed by atoms with Crippen LogP contribution in [0, 0.1) is 0 Å². The maximum atomic E-state index is 11.8. The van der Waals surface area contributed by atoms with Gasteiger partial charge in [0.1, 0.15) is 6.33 Å². The van der Waals surface area contributed by atoms with Crippen LogP contribution in [0.4, 0.5) is 0 Å². The molecule has 3 aromatic rings. The number of aromatic nitrogens is 3. The van der Waals surface area contributed by atoms with Crippen LogP contribution in [0.5, 0.6) is 0 Å². The summed E-state index contributed by atoms with van der Waals surface area (Å²) in [5, 5.41) is 6.96. The SMILES string of the molecule is O=C(/C=C/c1ccccc1)NCc1cccc2ncnn12. The smallest absolute Gasteiger partial charge is 0.244 e. The van der Waals surface area contributed by atoms with Crippen LogP contribution in [0.15, 0.2) is 60.9 Å². The molecule has 5 nitrogen and oxygen atoms in total. The number of hydrogen-bond donors (Lipinski definition) is 1. The standard InChI is InChI=1S/C16H14N4O/c21-16(10-9-13-5-2-1-3-6-13)17-11-14-7-4-8-15-18-12-19-20(14)15/h1-10,12H,11H2,(H,17,21)/b10-9+. The molecule has 1 N–H and O–H groups in total. The van der Waals surface area contributed by atoms with Gasteiger partial charge in [0.05, 0.1) is 12.2 Å². The van der Waals surface area contributed by atoms with Crippen molar-refractivity contribution in [2.45, 2.75) is 6.54 Å². The molecule has 104 valence electrons. The van der Waals surface area contributed by atoms with Crippen LogP contribution in [0.1, 0.15) is 11.3 Å². The summed E-state index contributed by atoms with van der Waals surface area (Å²) < 4.78 is 1.71. The summed E-state index contributed by atoms with van der Waals surface area (Å²) in [5.74, 6) is -0.143. The number of hydrogen-bond acceptors (Lipinski definition) is 3. The van der Waals surface area contributed by atoms with Crippen LogP contribution in [-0.2, 0) is 11.3 Å². The van der Waals surface area contributed by atoms with E-state index in [9.17, 15) is 4.79 Å². The van der Waals surface area contributed by atoms with Crippen LogP contribution in [0.2, 0.25) is 0 Å². The van der Waals surface area contributed by atoms with Crippen LogP contribution < -0.4 is 5.32 Å². The summed E-state index contributed by atoms with van der Waals surface area (Å²) in [4.78, 5) is 15.9. The third-order valence-corrected chi connectivity index (χ3v) is 3.05. The number of carbonyl (C=O) groups is 1. The Bertz CT molecular complexity index is 777. The van der Waals surface area contributed by atoms with E-state index in [4.69, 9.17) is 0 Å². The summed E-state index contributed by atoms with van der Waals surface area (Å²) in [6.45, 7) is 0.401. The first-order valence-electron chi connectivity index (χ1n) is 6.61. The van der Waals surface area contributed by atoms with E-state index in [2.05, 4.69) is 15.4 Å². The predicted molar refractivity (Wildman–Crippen MR) is 80.3 cm³/mol. The first-order chi connectivity index (χ1) is 10.3. The van der Waals surface area contributed by atoms with Crippen molar-refractivity contribution in [3.05, 3.63) is 72.2 Å². The highest BCUT2D eigenvalue weighted by atomic mass is 16.1. The lowest BCUT2D eigenvalue weighted by atomic mass is 10.2. The van der Waals surface area contributed by atoms with Gasteiger partial charge in [-0.05, 0) is 23.8 Å². The molecule has 0 unspecified atom stereocenters. The minimum Gasteiger partial charge on any atom is -0.347 e. The third kappa shape index (κ3) is 3.14. The van der Waals surface area contributed by atoms with Crippen LogP contribution in [0.25, 0.3) is 11.7 Å². The van der Waals surface area contributed by atoms with Crippen molar-refractivity contribution in [1.82, 2.24) is 19.9 Å². The lowest BCUT2D eigenvalue weighted by Crippen LogP contribution is -2.21. The molecule has 0 aliphatic rings. The number of benzene rings is 1. The number of nitrogens with zero attached hydrogens (tertiary/aromatic N) is 3. The van der Waals surface area contributed by atoms with E-state index in [-0.39, 0.29) is 5.91 Å². The Morgan fingerprint density at radius 1 is 1.14 bits per heavy atom. The molecule has 1 aromatic carbocycles. The van der Waals surface area contributed by atoms with Crippen LogP contribution >= 0.6 is 0 Å². The Morgan fingerprint density at radius 2 is 2.00 bits per heavy atom. The Kier molecular flexibility index (Phi) is 3.73. The van der Waals surface area contributed by atoms with Crippen molar-refractivity contribution < 1.29 is 4.79 Å². The fraction of sp³-hybridized carbons (Fsp3) is 0.0625. The second kappa shape index (κ2) is 6.00. The van der Waals surface area contributed by atoms with Crippen molar-refractivity contribution >= 4 is 17.6 Å². The molecule has 3 rings (SSSR count). The molecule has 1 amide bonds. The quantitative estimate of drug-likeness (QED) is 0.743. The highest BCUT2D eigenvalue weighted by Crippen LogP contribution is 2.04. The van der Waals surface area contributed by atoms with Gasteiger partial charge in [0.2, 0.25) is 5.91 Å². The summed E-state index contributed by atoms with van der Waals surface area (Å²) in [7, 11) is 0. The monoisotopic (exact) mass is 278 g/mol. The van der Waals surface area contributed by atoms with Crippen molar-refractivity contribution in [1.29, 1.82) is 0 Å². The Hall–Kier alpha value is -2.95. The topological polar surface area (TPSA) is 59.3 Å². The van der Waals surface area contributed by atoms with Crippen LogP contribution in [-0.4, -0.2) is 20.5 Å². The van der Waals surface area contributed by atoms with Crippen molar-refractivity contribution in [2.75, 3.05) is 0 Å². The largest absolute Gasteiger partial charge is 0.347 e. The van der Waals surface area contributed by atoms with E-state index < -0.39 is 0 Å².